The topological polar surface area (TPSA) is 81.8 Å². The van der Waals surface area contributed by atoms with E-state index in [-0.39, 0.29) is 24.1 Å². The summed E-state index contributed by atoms with van der Waals surface area (Å²) in [6.07, 6.45) is 7.20. The maximum absolute atomic E-state index is 13.3. The van der Waals surface area contributed by atoms with E-state index in [0.29, 0.717) is 13.0 Å². The molecule has 0 spiro atoms. The Labute approximate surface area is 189 Å². The van der Waals surface area contributed by atoms with Crippen molar-refractivity contribution in [3.63, 3.8) is 0 Å². The summed E-state index contributed by atoms with van der Waals surface area (Å²) in [5.74, 6) is 1.06. The van der Waals surface area contributed by atoms with Gasteiger partial charge in [0.25, 0.3) is 5.91 Å². The number of carbonyl (C=O) groups excluding carboxylic acids is 3. The molecular weight excluding hydrogens is 404 g/mol. The molecule has 4 heterocycles. The highest BCUT2D eigenvalue weighted by Gasteiger charge is 2.40. The molecule has 4 aliphatic rings. The molecule has 0 bridgehead atoms. The van der Waals surface area contributed by atoms with Crippen molar-refractivity contribution in [2.24, 2.45) is 11.8 Å². The quantitative estimate of drug-likeness (QED) is 0.688. The second kappa shape index (κ2) is 9.32. The van der Waals surface area contributed by atoms with Crippen molar-refractivity contribution in [3.8, 4) is 0 Å². The summed E-state index contributed by atoms with van der Waals surface area (Å²) in [6.45, 7) is 5.76. The van der Waals surface area contributed by atoms with Crippen LogP contribution in [-0.4, -0.2) is 59.7 Å². The Balaban J connectivity index is 1.20. The minimum atomic E-state index is -0.550. The Morgan fingerprint density at radius 3 is 2.44 bits per heavy atom. The molecule has 0 aromatic heterocycles. The zero-order valence-corrected chi connectivity index (χ0v) is 18.8. The third-order valence-corrected chi connectivity index (χ3v) is 7.87. The first-order valence-corrected chi connectivity index (χ1v) is 12.3. The van der Waals surface area contributed by atoms with Crippen molar-refractivity contribution >= 4 is 17.7 Å². The Morgan fingerprint density at radius 1 is 0.938 bits per heavy atom. The second-order valence-corrected chi connectivity index (χ2v) is 10.00. The molecule has 3 fully saturated rings. The van der Waals surface area contributed by atoms with Crippen LogP contribution in [0.5, 0.6) is 0 Å². The van der Waals surface area contributed by atoms with Gasteiger partial charge in [-0.25, -0.2) is 0 Å². The first-order valence-electron chi connectivity index (χ1n) is 12.3. The van der Waals surface area contributed by atoms with Crippen LogP contribution in [0.4, 0.5) is 0 Å². The maximum Gasteiger partial charge on any atom is 0.255 e. The highest BCUT2D eigenvalue weighted by molar-refractivity contribution is 6.05. The summed E-state index contributed by atoms with van der Waals surface area (Å²) >= 11 is 0. The SMILES string of the molecule is O=C1CCC(N2Cc3cccc(CN4CCC(CC5CCNCC5)CC4)c3C2=O)C(=O)N1. The first kappa shape index (κ1) is 21.6. The summed E-state index contributed by atoms with van der Waals surface area (Å²) in [5.41, 5.74) is 2.84. The van der Waals surface area contributed by atoms with Crippen molar-refractivity contribution in [1.82, 2.24) is 20.4 Å². The third kappa shape index (κ3) is 4.46. The normalized spacial score (nSPS) is 25.8. The molecule has 3 saturated heterocycles. The van der Waals surface area contributed by atoms with Gasteiger partial charge in [0.15, 0.2) is 0 Å². The predicted molar refractivity (Wildman–Crippen MR) is 121 cm³/mol. The number of imide groups is 1. The number of carbonyl (C=O) groups is 3. The summed E-state index contributed by atoms with van der Waals surface area (Å²) in [6, 6.07) is 5.53. The van der Waals surface area contributed by atoms with Crippen LogP contribution >= 0.6 is 0 Å². The molecular formula is C25H34N4O3. The van der Waals surface area contributed by atoms with Crippen molar-refractivity contribution in [3.05, 3.63) is 34.9 Å². The fourth-order valence-electron chi connectivity index (χ4n) is 6.03. The summed E-state index contributed by atoms with van der Waals surface area (Å²) in [7, 11) is 0. The van der Waals surface area contributed by atoms with Gasteiger partial charge in [0.2, 0.25) is 11.8 Å². The van der Waals surface area contributed by atoms with Gasteiger partial charge in [-0.2, -0.15) is 0 Å². The molecule has 1 atom stereocenters. The molecule has 172 valence electrons. The minimum Gasteiger partial charge on any atom is -0.322 e. The average molecular weight is 439 g/mol. The minimum absolute atomic E-state index is 0.0640. The molecule has 0 radical (unpaired) electrons. The number of piperidine rings is 3. The van der Waals surface area contributed by atoms with Gasteiger partial charge in [-0.05, 0) is 87.7 Å². The first-order chi connectivity index (χ1) is 15.6. The van der Waals surface area contributed by atoms with Gasteiger partial charge >= 0.3 is 0 Å². The van der Waals surface area contributed by atoms with Crippen LogP contribution in [-0.2, 0) is 22.7 Å². The van der Waals surface area contributed by atoms with Crippen molar-refractivity contribution in [1.29, 1.82) is 0 Å². The number of nitrogens with zero attached hydrogens (tertiary/aromatic N) is 2. The lowest BCUT2D eigenvalue weighted by molar-refractivity contribution is -0.136. The molecule has 3 amide bonds. The van der Waals surface area contributed by atoms with E-state index in [4.69, 9.17) is 0 Å². The van der Waals surface area contributed by atoms with Gasteiger partial charge in [0.1, 0.15) is 6.04 Å². The van der Waals surface area contributed by atoms with E-state index in [1.165, 1.54) is 45.2 Å². The number of hydrogen-bond acceptors (Lipinski definition) is 5. The summed E-state index contributed by atoms with van der Waals surface area (Å²) < 4.78 is 0. The van der Waals surface area contributed by atoms with Crippen LogP contribution in [0.15, 0.2) is 18.2 Å². The number of likely N-dealkylation sites (tertiary alicyclic amines) is 1. The van der Waals surface area contributed by atoms with Crippen molar-refractivity contribution in [2.45, 2.75) is 64.1 Å². The standard InChI is InChI=1S/C25H34N4O3/c30-22-5-4-21(24(31)27-22)29-16-20-3-1-2-19(23(20)25(29)32)15-28-12-8-18(9-13-28)14-17-6-10-26-11-7-17/h1-3,17-18,21,26H,4-16H2,(H,27,30,31). The van der Waals surface area contributed by atoms with E-state index in [1.54, 1.807) is 4.90 Å². The van der Waals surface area contributed by atoms with E-state index in [0.717, 1.165) is 48.2 Å². The molecule has 32 heavy (non-hydrogen) atoms. The van der Waals surface area contributed by atoms with E-state index < -0.39 is 6.04 Å². The molecule has 7 heteroatoms. The number of rotatable bonds is 5. The van der Waals surface area contributed by atoms with Gasteiger partial charge < -0.3 is 10.2 Å². The van der Waals surface area contributed by atoms with Crippen LogP contribution in [0, 0.1) is 11.8 Å². The Hall–Kier alpha value is -2.25. The number of benzene rings is 1. The Bertz CT molecular complexity index is 887. The molecule has 1 aromatic rings. The third-order valence-electron chi connectivity index (χ3n) is 7.87. The fourth-order valence-corrected chi connectivity index (χ4v) is 6.03. The van der Waals surface area contributed by atoms with Crippen LogP contribution in [0.1, 0.15) is 66.4 Å². The summed E-state index contributed by atoms with van der Waals surface area (Å²) in [4.78, 5) is 41.3. The zero-order valence-electron chi connectivity index (χ0n) is 18.8. The maximum atomic E-state index is 13.3. The predicted octanol–water partition coefficient (Wildman–Crippen LogP) is 2.05. The molecule has 1 aromatic carbocycles. The van der Waals surface area contributed by atoms with Crippen molar-refractivity contribution in [2.75, 3.05) is 26.2 Å². The number of amides is 3. The lowest BCUT2D eigenvalue weighted by Crippen LogP contribution is -2.52. The molecule has 1 unspecified atom stereocenters. The number of nitrogens with one attached hydrogen (secondary N) is 2. The monoisotopic (exact) mass is 438 g/mol. The van der Waals surface area contributed by atoms with Gasteiger partial charge in [0.05, 0.1) is 0 Å². The number of hydrogen-bond donors (Lipinski definition) is 2. The molecule has 5 rings (SSSR count). The summed E-state index contributed by atoms with van der Waals surface area (Å²) in [5, 5.41) is 5.85. The van der Waals surface area contributed by atoms with Crippen LogP contribution in [0.2, 0.25) is 0 Å². The van der Waals surface area contributed by atoms with E-state index >= 15 is 0 Å². The molecule has 2 N–H and O–H groups in total. The number of fused-ring (bicyclic) bond motifs is 1. The molecule has 4 aliphatic heterocycles. The Kier molecular flexibility index (Phi) is 6.28. The molecule has 7 nitrogen and oxygen atoms in total. The zero-order chi connectivity index (χ0) is 22.1. The van der Waals surface area contributed by atoms with Crippen molar-refractivity contribution < 1.29 is 14.4 Å². The Morgan fingerprint density at radius 2 is 1.69 bits per heavy atom. The van der Waals surface area contributed by atoms with Gasteiger partial charge in [-0.3, -0.25) is 24.6 Å². The molecule has 0 aliphatic carbocycles. The average Bonchev–Trinajstić information content (AvgIpc) is 3.13. The van der Waals surface area contributed by atoms with Crippen LogP contribution in [0.3, 0.4) is 0 Å². The second-order valence-electron chi connectivity index (χ2n) is 10.00. The van der Waals surface area contributed by atoms with Crippen LogP contribution < -0.4 is 10.6 Å². The van der Waals surface area contributed by atoms with Gasteiger partial charge in [-0.1, -0.05) is 18.2 Å². The van der Waals surface area contributed by atoms with E-state index in [9.17, 15) is 14.4 Å². The smallest absolute Gasteiger partial charge is 0.255 e. The highest BCUT2D eigenvalue weighted by atomic mass is 16.2. The lowest BCUT2D eigenvalue weighted by atomic mass is 9.83. The molecule has 0 saturated carbocycles. The van der Waals surface area contributed by atoms with E-state index in [1.807, 2.05) is 12.1 Å². The fraction of sp³-hybridized carbons (Fsp3) is 0.640. The largest absolute Gasteiger partial charge is 0.322 e. The lowest BCUT2D eigenvalue weighted by Gasteiger charge is -2.35. The van der Waals surface area contributed by atoms with Crippen LogP contribution in [0.25, 0.3) is 0 Å². The highest BCUT2D eigenvalue weighted by Crippen LogP contribution is 2.32. The van der Waals surface area contributed by atoms with Gasteiger partial charge in [0, 0.05) is 25.1 Å². The van der Waals surface area contributed by atoms with Gasteiger partial charge in [-0.15, -0.1) is 0 Å². The van der Waals surface area contributed by atoms with E-state index in [2.05, 4.69) is 21.6 Å².